The fraction of sp³-hybridized carbons (Fsp3) is 0.462. The van der Waals surface area contributed by atoms with E-state index in [-0.39, 0.29) is 5.91 Å². The molecule has 0 aliphatic rings. The van der Waals surface area contributed by atoms with Crippen LogP contribution in [-0.4, -0.2) is 38.6 Å². The molecule has 0 aliphatic carbocycles. The molecule has 0 heterocycles. The number of benzene rings is 1. The van der Waals surface area contributed by atoms with Crippen molar-refractivity contribution in [2.24, 2.45) is 0 Å². The molecule has 1 amide bonds. The zero-order valence-electron chi connectivity index (χ0n) is 11.7. The highest BCUT2D eigenvalue weighted by atomic mass is 32.2. The van der Waals surface area contributed by atoms with Crippen LogP contribution in [0.5, 0.6) is 0 Å². The lowest BCUT2D eigenvalue weighted by Crippen LogP contribution is -2.31. The summed E-state index contributed by atoms with van der Waals surface area (Å²) in [5.74, 6) is -0.0837. The van der Waals surface area contributed by atoms with Gasteiger partial charge in [-0.05, 0) is 38.5 Å². The van der Waals surface area contributed by atoms with Crippen molar-refractivity contribution in [3.05, 3.63) is 29.3 Å². The van der Waals surface area contributed by atoms with Crippen molar-refractivity contribution in [1.82, 2.24) is 4.90 Å². The monoisotopic (exact) mass is 284 g/mol. The van der Waals surface area contributed by atoms with Crippen LogP contribution < -0.4 is 4.72 Å². The van der Waals surface area contributed by atoms with E-state index in [1.165, 1.54) is 0 Å². The Balaban J connectivity index is 3.17. The summed E-state index contributed by atoms with van der Waals surface area (Å²) >= 11 is 0. The molecule has 19 heavy (non-hydrogen) atoms. The molecular weight excluding hydrogens is 264 g/mol. The van der Waals surface area contributed by atoms with Gasteiger partial charge in [0.05, 0.1) is 11.9 Å². The van der Waals surface area contributed by atoms with Gasteiger partial charge in [-0.15, -0.1) is 0 Å². The summed E-state index contributed by atoms with van der Waals surface area (Å²) in [5.41, 5.74) is 1.61. The molecule has 1 aromatic rings. The van der Waals surface area contributed by atoms with E-state index in [9.17, 15) is 13.2 Å². The molecule has 0 fully saturated rings. The zero-order chi connectivity index (χ0) is 14.6. The van der Waals surface area contributed by atoms with Gasteiger partial charge in [0.15, 0.2) is 0 Å². The van der Waals surface area contributed by atoms with Gasteiger partial charge in [0.1, 0.15) is 0 Å². The number of anilines is 1. The number of nitrogens with zero attached hydrogens (tertiary/aromatic N) is 1. The van der Waals surface area contributed by atoms with Crippen molar-refractivity contribution in [1.29, 1.82) is 0 Å². The molecule has 6 heteroatoms. The lowest BCUT2D eigenvalue weighted by molar-refractivity contribution is 0.0772. The highest BCUT2D eigenvalue weighted by Crippen LogP contribution is 2.21. The third kappa shape index (κ3) is 3.96. The van der Waals surface area contributed by atoms with Crippen LogP contribution in [0.3, 0.4) is 0 Å². The quantitative estimate of drug-likeness (QED) is 0.897. The molecule has 106 valence electrons. The van der Waals surface area contributed by atoms with Crippen LogP contribution in [0.1, 0.15) is 29.8 Å². The van der Waals surface area contributed by atoms with E-state index in [0.29, 0.717) is 29.9 Å². The summed E-state index contributed by atoms with van der Waals surface area (Å²) in [7, 11) is -3.35. The van der Waals surface area contributed by atoms with Crippen LogP contribution in [-0.2, 0) is 10.0 Å². The first-order valence-corrected chi connectivity index (χ1v) is 8.06. The van der Waals surface area contributed by atoms with E-state index in [4.69, 9.17) is 0 Å². The van der Waals surface area contributed by atoms with Crippen molar-refractivity contribution in [2.45, 2.75) is 20.8 Å². The number of carbonyl (C=O) groups excluding carboxylic acids is 1. The van der Waals surface area contributed by atoms with Gasteiger partial charge in [-0.1, -0.05) is 6.07 Å². The van der Waals surface area contributed by atoms with Crippen molar-refractivity contribution in [3.8, 4) is 0 Å². The molecule has 0 aromatic heterocycles. The molecule has 5 nitrogen and oxygen atoms in total. The van der Waals surface area contributed by atoms with E-state index in [1.54, 1.807) is 30.0 Å². The normalized spacial score (nSPS) is 11.2. The van der Waals surface area contributed by atoms with Gasteiger partial charge in [0, 0.05) is 18.7 Å². The number of sulfonamides is 1. The van der Waals surface area contributed by atoms with Crippen LogP contribution in [0.25, 0.3) is 0 Å². The Labute approximate surface area is 114 Å². The molecule has 1 rings (SSSR count). The summed E-state index contributed by atoms with van der Waals surface area (Å²) < 4.78 is 25.0. The Hall–Kier alpha value is -1.56. The fourth-order valence-corrected chi connectivity index (χ4v) is 2.48. The first-order valence-electron chi connectivity index (χ1n) is 6.16. The van der Waals surface area contributed by atoms with Gasteiger partial charge >= 0.3 is 0 Å². The lowest BCUT2D eigenvalue weighted by atomic mass is 10.1. The largest absolute Gasteiger partial charge is 0.339 e. The molecule has 0 bridgehead atoms. The van der Waals surface area contributed by atoms with Gasteiger partial charge in [0.2, 0.25) is 10.0 Å². The van der Waals surface area contributed by atoms with E-state index < -0.39 is 10.0 Å². The minimum atomic E-state index is -3.35. The standard InChI is InChI=1S/C13H20N2O3S/c1-5-15(6-2)13(16)11-8-7-9-12(10(11)3)14-19(4,17)18/h7-9,14H,5-6H2,1-4H3. The van der Waals surface area contributed by atoms with Crippen molar-refractivity contribution < 1.29 is 13.2 Å². The minimum absolute atomic E-state index is 0.0837. The highest BCUT2D eigenvalue weighted by Gasteiger charge is 2.17. The number of hydrogen-bond donors (Lipinski definition) is 1. The zero-order valence-corrected chi connectivity index (χ0v) is 12.5. The van der Waals surface area contributed by atoms with Crippen molar-refractivity contribution in [3.63, 3.8) is 0 Å². The second kappa shape index (κ2) is 6.06. The number of nitrogens with one attached hydrogen (secondary N) is 1. The van der Waals surface area contributed by atoms with Crippen LogP contribution >= 0.6 is 0 Å². The lowest BCUT2D eigenvalue weighted by Gasteiger charge is -2.20. The molecule has 0 radical (unpaired) electrons. The van der Waals surface area contributed by atoms with Crippen molar-refractivity contribution in [2.75, 3.05) is 24.1 Å². The van der Waals surface area contributed by atoms with Crippen LogP contribution in [0.4, 0.5) is 5.69 Å². The van der Waals surface area contributed by atoms with Gasteiger partial charge < -0.3 is 4.90 Å². The molecule has 0 unspecified atom stereocenters. The van der Waals surface area contributed by atoms with E-state index >= 15 is 0 Å². The van der Waals surface area contributed by atoms with Gasteiger partial charge in [0.25, 0.3) is 5.91 Å². The summed E-state index contributed by atoms with van der Waals surface area (Å²) in [4.78, 5) is 14.0. The minimum Gasteiger partial charge on any atom is -0.339 e. The van der Waals surface area contributed by atoms with E-state index in [2.05, 4.69) is 4.72 Å². The Morgan fingerprint density at radius 3 is 2.32 bits per heavy atom. The van der Waals surface area contributed by atoms with Gasteiger partial charge in [-0.25, -0.2) is 8.42 Å². The van der Waals surface area contributed by atoms with E-state index in [1.807, 2.05) is 13.8 Å². The van der Waals surface area contributed by atoms with Crippen LogP contribution in [0.15, 0.2) is 18.2 Å². The summed E-state index contributed by atoms with van der Waals surface area (Å²) in [6, 6.07) is 5.04. The summed E-state index contributed by atoms with van der Waals surface area (Å²) in [6.07, 6.45) is 1.09. The van der Waals surface area contributed by atoms with Gasteiger partial charge in [-0.2, -0.15) is 0 Å². The maximum absolute atomic E-state index is 12.3. The number of carbonyl (C=O) groups is 1. The Kier molecular flexibility index (Phi) is 4.94. The van der Waals surface area contributed by atoms with Crippen molar-refractivity contribution >= 4 is 21.6 Å². The number of hydrogen-bond acceptors (Lipinski definition) is 3. The molecule has 0 aliphatic heterocycles. The average molecular weight is 284 g/mol. The maximum Gasteiger partial charge on any atom is 0.254 e. The smallest absolute Gasteiger partial charge is 0.254 e. The number of amides is 1. The third-order valence-electron chi connectivity index (χ3n) is 2.91. The first kappa shape index (κ1) is 15.5. The highest BCUT2D eigenvalue weighted by molar-refractivity contribution is 7.92. The first-order chi connectivity index (χ1) is 8.80. The molecule has 0 saturated heterocycles. The SMILES string of the molecule is CCN(CC)C(=O)c1cccc(NS(C)(=O)=O)c1C. The molecule has 1 N–H and O–H groups in total. The molecule has 0 atom stereocenters. The van der Waals surface area contributed by atoms with Crippen LogP contribution in [0.2, 0.25) is 0 Å². The average Bonchev–Trinajstić information content (AvgIpc) is 2.31. The Bertz CT molecular complexity index is 563. The van der Waals surface area contributed by atoms with Crippen LogP contribution in [0, 0.1) is 6.92 Å². The molecule has 1 aromatic carbocycles. The molecule has 0 spiro atoms. The van der Waals surface area contributed by atoms with E-state index in [0.717, 1.165) is 6.26 Å². The maximum atomic E-state index is 12.3. The topological polar surface area (TPSA) is 66.5 Å². The second-order valence-corrected chi connectivity index (χ2v) is 6.08. The van der Waals surface area contributed by atoms with Gasteiger partial charge in [-0.3, -0.25) is 9.52 Å². The summed E-state index contributed by atoms with van der Waals surface area (Å²) in [5, 5.41) is 0. The Morgan fingerprint density at radius 2 is 1.84 bits per heavy atom. The Morgan fingerprint density at radius 1 is 1.26 bits per heavy atom. The number of rotatable bonds is 5. The third-order valence-corrected chi connectivity index (χ3v) is 3.50. The predicted molar refractivity (Wildman–Crippen MR) is 76.9 cm³/mol. The second-order valence-electron chi connectivity index (χ2n) is 4.33. The summed E-state index contributed by atoms with van der Waals surface area (Å²) in [6.45, 7) is 6.81. The predicted octanol–water partition coefficient (Wildman–Crippen LogP) is 1.85. The molecular formula is C13H20N2O3S. The molecule has 0 saturated carbocycles. The fourth-order valence-electron chi connectivity index (χ4n) is 1.86.